The second kappa shape index (κ2) is 11.1. The van der Waals surface area contributed by atoms with Gasteiger partial charge in [-0.3, -0.25) is 0 Å². The van der Waals surface area contributed by atoms with Crippen LogP contribution in [-0.4, -0.2) is 0 Å². The van der Waals surface area contributed by atoms with Crippen LogP contribution in [-0.2, 0) is 0 Å². The van der Waals surface area contributed by atoms with Gasteiger partial charge < -0.3 is 8.83 Å². The van der Waals surface area contributed by atoms with Gasteiger partial charge in [0.2, 0.25) is 0 Å². The van der Waals surface area contributed by atoms with Crippen molar-refractivity contribution in [2.24, 2.45) is 0 Å². The SMILES string of the molecule is O=c1oc2c(ccc3oc(=O)c(-c4cccs4)c(/C=C/c4ccccc4)c32)c(/C=C/c2ccccc2)c1-c1cccs1. The molecule has 0 atom stereocenters. The average Bonchev–Trinajstić information content (AvgIpc) is 3.74. The van der Waals surface area contributed by atoms with Gasteiger partial charge in [0.05, 0.1) is 16.5 Å². The summed E-state index contributed by atoms with van der Waals surface area (Å²) in [6, 6.07) is 31.1. The second-order valence-corrected chi connectivity index (χ2v) is 11.5. The summed E-state index contributed by atoms with van der Waals surface area (Å²) in [6.45, 7) is 0. The number of rotatable bonds is 6. The highest BCUT2D eigenvalue weighted by Gasteiger charge is 2.22. The van der Waals surface area contributed by atoms with E-state index in [1.54, 1.807) is 6.07 Å². The smallest absolute Gasteiger partial charge is 0.345 e. The third kappa shape index (κ3) is 4.77. The summed E-state index contributed by atoms with van der Waals surface area (Å²) in [4.78, 5) is 28.8. The van der Waals surface area contributed by atoms with E-state index in [0.717, 1.165) is 31.8 Å². The third-order valence-corrected chi connectivity index (χ3v) is 8.82. The first-order chi connectivity index (χ1) is 20.7. The van der Waals surface area contributed by atoms with Gasteiger partial charge in [-0.15, -0.1) is 22.7 Å². The first-order valence-electron chi connectivity index (χ1n) is 13.3. The van der Waals surface area contributed by atoms with Crippen molar-refractivity contribution >= 4 is 68.9 Å². The number of thiophene rings is 2. The minimum atomic E-state index is -0.452. The van der Waals surface area contributed by atoms with Gasteiger partial charge in [-0.2, -0.15) is 0 Å². The maximum Gasteiger partial charge on any atom is 0.345 e. The lowest BCUT2D eigenvalue weighted by Crippen LogP contribution is -2.08. The molecule has 42 heavy (non-hydrogen) atoms. The van der Waals surface area contributed by atoms with E-state index in [-0.39, 0.29) is 0 Å². The molecule has 0 saturated heterocycles. The van der Waals surface area contributed by atoms with Crippen molar-refractivity contribution in [1.29, 1.82) is 0 Å². The molecule has 0 amide bonds. The Morgan fingerprint density at radius 3 is 1.64 bits per heavy atom. The highest BCUT2D eigenvalue weighted by Crippen LogP contribution is 2.39. The Balaban J connectivity index is 1.59. The maximum atomic E-state index is 13.8. The molecule has 0 saturated carbocycles. The van der Waals surface area contributed by atoms with Crippen molar-refractivity contribution in [3.8, 4) is 20.9 Å². The summed E-state index contributed by atoms with van der Waals surface area (Å²) in [5, 5.41) is 5.19. The van der Waals surface area contributed by atoms with E-state index >= 15 is 0 Å². The normalized spacial score (nSPS) is 11.8. The Bertz CT molecular complexity index is 2200. The molecule has 4 heterocycles. The van der Waals surface area contributed by atoms with Crippen molar-refractivity contribution < 1.29 is 8.83 Å². The zero-order valence-electron chi connectivity index (χ0n) is 22.2. The van der Waals surface area contributed by atoms with E-state index in [0.29, 0.717) is 33.2 Å². The molecule has 0 aliphatic heterocycles. The summed E-state index contributed by atoms with van der Waals surface area (Å²) >= 11 is 2.94. The number of hydrogen-bond donors (Lipinski definition) is 0. The predicted molar refractivity (Wildman–Crippen MR) is 176 cm³/mol. The first-order valence-corrected chi connectivity index (χ1v) is 15.1. The van der Waals surface area contributed by atoms with Crippen molar-refractivity contribution in [2.75, 3.05) is 0 Å². The Hall–Kier alpha value is -5.04. The minimum Gasteiger partial charge on any atom is -0.422 e. The molecule has 7 aromatic rings. The Kier molecular flexibility index (Phi) is 6.84. The fourth-order valence-electron chi connectivity index (χ4n) is 5.13. The Morgan fingerprint density at radius 2 is 1.07 bits per heavy atom. The fourth-order valence-corrected chi connectivity index (χ4v) is 6.68. The van der Waals surface area contributed by atoms with E-state index < -0.39 is 11.3 Å². The van der Waals surface area contributed by atoms with Crippen LogP contribution in [0.1, 0.15) is 22.3 Å². The van der Waals surface area contributed by atoms with E-state index in [1.807, 2.05) is 126 Å². The highest BCUT2D eigenvalue weighted by molar-refractivity contribution is 7.13. The van der Waals surface area contributed by atoms with Crippen LogP contribution in [0.3, 0.4) is 0 Å². The summed E-state index contributed by atoms with van der Waals surface area (Å²) < 4.78 is 12.0. The molecule has 4 aromatic heterocycles. The summed E-state index contributed by atoms with van der Waals surface area (Å²) in [5.41, 5.74) is 4.14. The van der Waals surface area contributed by atoms with Gasteiger partial charge in [0.1, 0.15) is 5.58 Å². The zero-order chi connectivity index (χ0) is 28.5. The highest BCUT2D eigenvalue weighted by atomic mass is 32.1. The molecule has 3 aromatic carbocycles. The molecule has 0 fully saturated rings. The monoisotopic (exact) mass is 582 g/mol. The van der Waals surface area contributed by atoms with Crippen molar-refractivity contribution in [3.05, 3.63) is 151 Å². The predicted octanol–water partition coefficient (Wildman–Crippen LogP) is 9.70. The van der Waals surface area contributed by atoms with Crippen LogP contribution in [0, 0.1) is 0 Å². The largest absolute Gasteiger partial charge is 0.422 e. The van der Waals surface area contributed by atoms with Gasteiger partial charge >= 0.3 is 11.3 Å². The Labute approximate surface area is 248 Å². The molecule has 0 aliphatic carbocycles. The zero-order valence-corrected chi connectivity index (χ0v) is 23.8. The van der Waals surface area contributed by atoms with E-state index in [2.05, 4.69) is 0 Å². The minimum absolute atomic E-state index is 0.352. The maximum absolute atomic E-state index is 13.8. The lowest BCUT2D eigenvalue weighted by molar-refractivity contribution is 0.554. The molecular formula is C36H22O4S2. The molecule has 0 radical (unpaired) electrons. The van der Waals surface area contributed by atoms with Crippen molar-refractivity contribution in [3.63, 3.8) is 0 Å². The molecule has 0 N–H and O–H groups in total. The quantitative estimate of drug-likeness (QED) is 0.145. The number of fused-ring (bicyclic) bond motifs is 3. The first kappa shape index (κ1) is 25.9. The van der Waals surface area contributed by atoms with Gasteiger partial charge in [0, 0.05) is 26.3 Å². The molecule has 0 spiro atoms. The van der Waals surface area contributed by atoms with Gasteiger partial charge in [-0.1, -0.05) is 97.1 Å². The number of hydrogen-bond acceptors (Lipinski definition) is 6. The molecule has 7 rings (SSSR count). The fraction of sp³-hybridized carbons (Fsp3) is 0. The average molecular weight is 583 g/mol. The molecule has 202 valence electrons. The Morgan fingerprint density at radius 1 is 0.524 bits per heavy atom. The van der Waals surface area contributed by atoms with E-state index in [4.69, 9.17) is 8.83 Å². The van der Waals surface area contributed by atoms with Crippen LogP contribution in [0.25, 0.3) is 67.1 Å². The van der Waals surface area contributed by atoms with Crippen LogP contribution in [0.4, 0.5) is 0 Å². The van der Waals surface area contributed by atoms with Crippen LogP contribution in [0.15, 0.2) is 126 Å². The summed E-state index contributed by atoms with van der Waals surface area (Å²) in [6.07, 6.45) is 7.83. The lowest BCUT2D eigenvalue weighted by Gasteiger charge is -2.12. The van der Waals surface area contributed by atoms with Crippen LogP contribution in [0.5, 0.6) is 0 Å². The molecular weight excluding hydrogens is 561 g/mol. The van der Waals surface area contributed by atoms with E-state index in [9.17, 15) is 9.59 Å². The van der Waals surface area contributed by atoms with Gasteiger partial charge in [-0.05, 0) is 46.2 Å². The second-order valence-electron chi connectivity index (χ2n) is 9.61. The van der Waals surface area contributed by atoms with Crippen LogP contribution >= 0.6 is 22.7 Å². The van der Waals surface area contributed by atoms with Gasteiger partial charge in [0.25, 0.3) is 0 Å². The molecule has 6 heteroatoms. The topological polar surface area (TPSA) is 60.4 Å². The van der Waals surface area contributed by atoms with Crippen LogP contribution in [0.2, 0.25) is 0 Å². The lowest BCUT2D eigenvalue weighted by atomic mass is 9.96. The summed E-state index contributed by atoms with van der Waals surface area (Å²) in [7, 11) is 0. The third-order valence-electron chi connectivity index (χ3n) is 7.04. The van der Waals surface area contributed by atoms with Crippen LogP contribution < -0.4 is 11.3 Å². The standard InChI is InChI=1S/C36H22O4S2/c37-35-33(30-14-8-22-42-30)27(18-16-24-11-5-2-6-12-24)31-28(39-35)20-19-26-25(17-15-23-9-3-1-4-10-23)32(29-13-7-21-41-29)36(38)40-34(26)31/h1-22H/b17-15+,18-16+. The van der Waals surface area contributed by atoms with E-state index in [1.165, 1.54) is 22.7 Å². The van der Waals surface area contributed by atoms with Crippen molar-refractivity contribution in [2.45, 2.75) is 0 Å². The molecule has 0 unspecified atom stereocenters. The van der Waals surface area contributed by atoms with Gasteiger partial charge in [0.15, 0.2) is 5.58 Å². The van der Waals surface area contributed by atoms with Crippen molar-refractivity contribution in [1.82, 2.24) is 0 Å². The molecule has 0 aliphatic rings. The molecule has 0 bridgehead atoms. The summed E-state index contributed by atoms with van der Waals surface area (Å²) in [5.74, 6) is 0. The van der Waals surface area contributed by atoms with Gasteiger partial charge in [-0.25, -0.2) is 9.59 Å². The number of benzene rings is 3. The molecule has 4 nitrogen and oxygen atoms in total.